The Kier molecular flexibility index (Phi) is 16.6. The van der Waals surface area contributed by atoms with Crippen LogP contribution in [-0.4, -0.2) is 76.4 Å². The highest BCUT2D eigenvalue weighted by molar-refractivity contribution is 8.76. The van der Waals surface area contributed by atoms with Gasteiger partial charge in [-0.05, 0) is 95.9 Å². The number of guanidine groups is 1. The molecule has 12 nitrogen and oxygen atoms in total. The van der Waals surface area contributed by atoms with Crippen molar-refractivity contribution in [3.63, 3.8) is 0 Å². The maximum atomic E-state index is 12.3. The Morgan fingerprint density at radius 3 is 1.55 bits per heavy atom. The summed E-state index contributed by atoms with van der Waals surface area (Å²) >= 11 is 0. The lowest BCUT2D eigenvalue weighted by atomic mass is 10.1. The molecule has 0 aliphatic carbocycles. The molecule has 0 atom stereocenters. The monoisotopic (exact) mass is 634 g/mol. The van der Waals surface area contributed by atoms with Crippen LogP contribution < -0.4 is 10.6 Å². The number of rotatable bonds is 10. The van der Waals surface area contributed by atoms with Crippen LogP contribution in [0.2, 0.25) is 0 Å². The number of carbonyl (C=O) groups is 4. The summed E-state index contributed by atoms with van der Waals surface area (Å²) in [6.45, 7) is 21.2. The average molecular weight is 635 g/mol. The minimum absolute atomic E-state index is 0.0748. The van der Waals surface area contributed by atoms with Crippen LogP contribution in [0, 0.1) is 0 Å². The van der Waals surface area contributed by atoms with Crippen LogP contribution in [0.25, 0.3) is 0 Å². The van der Waals surface area contributed by atoms with Gasteiger partial charge < -0.3 is 18.9 Å². The SMILES string of the molecule is CC(C)(C)OC(=O)CC(CCCSSCCN=C(NC(=O)OC(C)(C)C)NC(=O)OC(C)(C)C)=NC(=O)OC(C)(C)C. The zero-order valence-corrected chi connectivity index (χ0v) is 28.9. The number of nitrogens with one attached hydrogen (secondary N) is 2. The molecule has 42 heavy (non-hydrogen) atoms. The molecule has 0 bridgehead atoms. The van der Waals surface area contributed by atoms with Crippen molar-refractivity contribution in [3.05, 3.63) is 0 Å². The standard InChI is InChI=1S/C28H50N4O8S2/c1-25(2,3)37-20(33)18-19(30-22(34)38-26(4,5)6)14-13-16-41-42-17-15-29-21(31-23(35)39-27(7,8)9)32-24(36)40-28(10,11)12/h13-18H2,1-12H3,(H2,29,31,32,35,36). The lowest BCUT2D eigenvalue weighted by Crippen LogP contribution is -2.47. The van der Waals surface area contributed by atoms with Gasteiger partial charge in [0, 0.05) is 17.2 Å². The summed E-state index contributed by atoms with van der Waals surface area (Å²) in [7, 11) is 3.13. The second kappa shape index (κ2) is 17.6. The molecule has 0 fully saturated rings. The molecule has 14 heteroatoms. The number of alkyl carbamates (subject to hydrolysis) is 2. The van der Waals surface area contributed by atoms with Crippen LogP contribution in [0.3, 0.4) is 0 Å². The normalized spacial score (nSPS) is 12.6. The number of hydrogen-bond donors (Lipinski definition) is 2. The fraction of sp³-hybridized carbons (Fsp3) is 0.786. The van der Waals surface area contributed by atoms with Gasteiger partial charge in [0.05, 0.1) is 13.0 Å². The highest BCUT2D eigenvalue weighted by Gasteiger charge is 2.22. The van der Waals surface area contributed by atoms with Gasteiger partial charge in [-0.1, -0.05) is 21.6 Å². The maximum Gasteiger partial charge on any atom is 0.434 e. The lowest BCUT2D eigenvalue weighted by Gasteiger charge is -2.22. The molecule has 0 aromatic heterocycles. The molecule has 0 heterocycles. The molecule has 2 N–H and O–H groups in total. The van der Waals surface area contributed by atoms with Crippen LogP contribution in [0.15, 0.2) is 9.98 Å². The van der Waals surface area contributed by atoms with Gasteiger partial charge in [-0.2, -0.15) is 4.99 Å². The van der Waals surface area contributed by atoms with Crippen molar-refractivity contribution in [2.24, 2.45) is 9.98 Å². The Labute approximate surface area is 258 Å². The first kappa shape index (κ1) is 39.5. The number of nitrogens with zero attached hydrogens (tertiary/aromatic N) is 2. The molecule has 0 aromatic rings. The van der Waals surface area contributed by atoms with E-state index in [9.17, 15) is 19.2 Å². The van der Waals surface area contributed by atoms with E-state index in [1.807, 2.05) is 0 Å². The van der Waals surface area contributed by atoms with E-state index in [-0.39, 0.29) is 12.4 Å². The maximum absolute atomic E-state index is 12.3. The lowest BCUT2D eigenvalue weighted by molar-refractivity contribution is -0.153. The van der Waals surface area contributed by atoms with Crippen molar-refractivity contribution in [2.45, 2.75) is 125 Å². The molecule has 0 aliphatic rings. The molecular formula is C28H50N4O8S2. The molecule has 0 aromatic carbocycles. The third-order valence-electron chi connectivity index (χ3n) is 3.87. The summed E-state index contributed by atoms with van der Waals surface area (Å²) in [5.41, 5.74) is -2.39. The third kappa shape index (κ3) is 25.2. The van der Waals surface area contributed by atoms with Gasteiger partial charge in [0.1, 0.15) is 22.4 Å². The van der Waals surface area contributed by atoms with Crippen LogP contribution in [0.4, 0.5) is 14.4 Å². The van der Waals surface area contributed by atoms with Gasteiger partial charge >= 0.3 is 24.2 Å². The minimum Gasteiger partial charge on any atom is -0.460 e. The quantitative estimate of drug-likeness (QED) is 0.0666. The van der Waals surface area contributed by atoms with Gasteiger partial charge in [-0.25, -0.2) is 14.4 Å². The first-order chi connectivity index (χ1) is 18.9. The summed E-state index contributed by atoms with van der Waals surface area (Å²) in [5.74, 6) is 0.765. The molecule has 0 saturated carbocycles. The van der Waals surface area contributed by atoms with Crippen molar-refractivity contribution < 1.29 is 38.1 Å². The summed E-state index contributed by atoms with van der Waals surface area (Å²) in [4.78, 5) is 57.2. The Morgan fingerprint density at radius 2 is 1.10 bits per heavy atom. The zero-order valence-electron chi connectivity index (χ0n) is 27.2. The Bertz CT molecular complexity index is 940. The first-order valence-electron chi connectivity index (χ1n) is 13.7. The van der Waals surface area contributed by atoms with E-state index >= 15 is 0 Å². The van der Waals surface area contributed by atoms with E-state index < -0.39 is 46.7 Å². The summed E-state index contributed by atoms with van der Waals surface area (Å²) < 4.78 is 21.1. The number of ether oxygens (including phenoxy) is 4. The number of hydrogen-bond acceptors (Lipinski definition) is 11. The summed E-state index contributed by atoms with van der Waals surface area (Å²) in [6, 6.07) is 0. The number of aliphatic imine (C=N–C) groups is 2. The van der Waals surface area contributed by atoms with E-state index in [4.69, 9.17) is 18.9 Å². The average Bonchev–Trinajstić information content (AvgIpc) is 2.69. The van der Waals surface area contributed by atoms with Gasteiger partial charge in [-0.3, -0.25) is 20.4 Å². The highest BCUT2D eigenvalue weighted by Crippen LogP contribution is 2.23. The number of carbonyl (C=O) groups excluding carboxylic acids is 4. The summed E-state index contributed by atoms with van der Waals surface area (Å²) in [6.07, 6.45) is -1.26. The van der Waals surface area contributed by atoms with Gasteiger partial charge in [0.2, 0.25) is 5.96 Å². The second-order valence-electron chi connectivity index (χ2n) is 13.2. The highest BCUT2D eigenvalue weighted by atomic mass is 33.1. The van der Waals surface area contributed by atoms with Crippen molar-refractivity contribution >= 4 is 57.5 Å². The van der Waals surface area contributed by atoms with Gasteiger partial charge in [0.15, 0.2) is 0 Å². The molecule has 0 radical (unpaired) electrons. The Morgan fingerprint density at radius 1 is 0.643 bits per heavy atom. The first-order valence-corrected chi connectivity index (χ1v) is 16.2. The van der Waals surface area contributed by atoms with Crippen molar-refractivity contribution in [1.82, 2.24) is 10.6 Å². The largest absolute Gasteiger partial charge is 0.460 e. The molecule has 242 valence electrons. The van der Waals surface area contributed by atoms with Crippen molar-refractivity contribution in [3.8, 4) is 0 Å². The molecule has 0 spiro atoms. The van der Waals surface area contributed by atoms with Gasteiger partial charge in [-0.15, -0.1) is 0 Å². The fourth-order valence-corrected chi connectivity index (χ4v) is 4.65. The van der Waals surface area contributed by atoms with E-state index in [2.05, 4.69) is 20.6 Å². The molecule has 0 aliphatic heterocycles. The molecule has 0 unspecified atom stereocenters. The van der Waals surface area contributed by atoms with Crippen molar-refractivity contribution in [1.29, 1.82) is 0 Å². The molecule has 0 saturated heterocycles. The second-order valence-corrected chi connectivity index (χ2v) is 15.9. The van der Waals surface area contributed by atoms with E-state index in [0.717, 1.165) is 5.75 Å². The van der Waals surface area contributed by atoms with E-state index in [0.29, 0.717) is 30.9 Å². The third-order valence-corrected chi connectivity index (χ3v) is 6.34. The molecule has 3 amide bonds. The number of amides is 3. The van der Waals surface area contributed by atoms with Crippen LogP contribution in [0.1, 0.15) is 102 Å². The van der Waals surface area contributed by atoms with E-state index in [1.165, 1.54) is 0 Å². The number of esters is 1. The summed E-state index contributed by atoms with van der Waals surface area (Å²) in [5, 5.41) is 4.89. The van der Waals surface area contributed by atoms with Crippen LogP contribution in [0.5, 0.6) is 0 Å². The Balaban J connectivity index is 4.96. The Hall–Kier alpha value is -2.48. The van der Waals surface area contributed by atoms with E-state index in [1.54, 1.807) is 105 Å². The predicted molar refractivity (Wildman–Crippen MR) is 169 cm³/mol. The topological polar surface area (TPSA) is 154 Å². The molecule has 0 rings (SSSR count). The van der Waals surface area contributed by atoms with Crippen LogP contribution >= 0.6 is 21.6 Å². The van der Waals surface area contributed by atoms with Crippen molar-refractivity contribution in [2.75, 3.05) is 18.1 Å². The fourth-order valence-electron chi connectivity index (χ4n) is 2.70. The van der Waals surface area contributed by atoms with Gasteiger partial charge in [0.25, 0.3) is 0 Å². The van der Waals surface area contributed by atoms with Crippen LogP contribution in [-0.2, 0) is 23.7 Å². The zero-order chi connectivity index (χ0) is 32.8. The predicted octanol–water partition coefficient (Wildman–Crippen LogP) is 6.66. The molecular weight excluding hydrogens is 584 g/mol. The minimum atomic E-state index is -0.755. The smallest absolute Gasteiger partial charge is 0.434 e.